The Bertz CT molecular complexity index is 317. The van der Waals surface area contributed by atoms with Crippen molar-refractivity contribution in [3.05, 3.63) is 0 Å². The summed E-state index contributed by atoms with van der Waals surface area (Å²) in [6, 6.07) is 0. The molecule has 184 valence electrons. The van der Waals surface area contributed by atoms with E-state index in [1.807, 2.05) is 13.8 Å². The summed E-state index contributed by atoms with van der Waals surface area (Å²) in [5.41, 5.74) is 0. The first-order chi connectivity index (χ1) is 14.1. The third-order valence-electron chi connectivity index (χ3n) is 2.37. The van der Waals surface area contributed by atoms with Gasteiger partial charge in [-0.1, -0.05) is 20.3 Å². The highest BCUT2D eigenvalue weighted by atomic mass is 16.5. The number of ether oxygens (including phenoxy) is 1. The highest BCUT2D eigenvalue weighted by Crippen LogP contribution is 2.12. The summed E-state index contributed by atoms with van der Waals surface area (Å²) in [5.74, 6) is 0.885. The number of hydrogen-bond donors (Lipinski definition) is 3. The van der Waals surface area contributed by atoms with Crippen molar-refractivity contribution < 1.29 is 39.2 Å². The monoisotopic (exact) mass is 440 g/mol. The molecule has 8 heteroatoms. The number of Topliss-reactive ketones (excluding diaryl/α,β-unsaturated/α-hetero) is 3. The average Bonchev–Trinajstić information content (AvgIpc) is 2.72. The normalized spacial score (nSPS) is 10.3. The molecule has 1 aliphatic carbocycles. The van der Waals surface area contributed by atoms with Gasteiger partial charge in [0.25, 0.3) is 6.47 Å². The number of rotatable bonds is 4. The van der Waals surface area contributed by atoms with Crippen LogP contribution in [0.1, 0.15) is 93.4 Å². The third-order valence-corrected chi connectivity index (χ3v) is 2.37. The molecule has 30 heavy (non-hydrogen) atoms. The predicted octanol–water partition coefficient (Wildman–Crippen LogP) is 3.28. The molecule has 0 aromatic heterocycles. The van der Waals surface area contributed by atoms with Gasteiger partial charge in [-0.25, -0.2) is 0 Å². The quantitative estimate of drug-likeness (QED) is 0.566. The fourth-order valence-electron chi connectivity index (χ4n) is 1.01. The summed E-state index contributed by atoms with van der Waals surface area (Å²) < 4.78 is 4.15. The van der Waals surface area contributed by atoms with Gasteiger partial charge < -0.3 is 29.6 Å². The number of hydrogen-bond acceptors (Lipinski definition) is 8. The molecule has 0 spiro atoms. The van der Waals surface area contributed by atoms with Crippen LogP contribution in [0.15, 0.2) is 0 Å². The van der Waals surface area contributed by atoms with Gasteiger partial charge in [0, 0.05) is 39.6 Å². The van der Waals surface area contributed by atoms with Crippen LogP contribution in [-0.4, -0.2) is 66.1 Å². The standard InChI is InChI=1S/C6H10O.C4H8O.C3H6O2.C3H6O.C3H8O.C2H6O.CH4O/c7-6-4-2-1-3-5-6;1-3-4(2)5;1-2-5-3-4;1-3(2)4;1-2-3-4;1-2-3;1-2/h1-5H2;3H2,1-2H3;3H,2H2,1H3;1-2H3;4H,2-3H2,1H3;3H,2H2,1H3;2H,1H3. The lowest BCUT2D eigenvalue weighted by Gasteiger charge is -2.05. The minimum Gasteiger partial charge on any atom is -0.468 e. The average molecular weight is 441 g/mol. The van der Waals surface area contributed by atoms with Gasteiger partial charge >= 0.3 is 0 Å². The summed E-state index contributed by atoms with van der Waals surface area (Å²) in [4.78, 5) is 38.9. The molecular weight excluding hydrogens is 392 g/mol. The van der Waals surface area contributed by atoms with Gasteiger partial charge in [-0.2, -0.15) is 0 Å². The maximum absolute atomic E-state index is 10.5. The highest BCUT2D eigenvalue weighted by molar-refractivity contribution is 5.78. The molecule has 8 nitrogen and oxygen atoms in total. The van der Waals surface area contributed by atoms with Gasteiger partial charge in [-0.05, 0) is 53.9 Å². The minimum atomic E-state index is 0.167. The molecule has 3 N–H and O–H groups in total. The molecule has 0 radical (unpaired) electrons. The minimum absolute atomic E-state index is 0.167. The molecule has 0 amide bonds. The maximum atomic E-state index is 10.5. The summed E-state index contributed by atoms with van der Waals surface area (Å²) in [6.07, 6.45) is 6.78. The summed E-state index contributed by atoms with van der Waals surface area (Å²) >= 11 is 0. The Hall–Kier alpha value is -1.64. The molecule has 1 fully saturated rings. The Balaban J connectivity index is -0.0000000579. The van der Waals surface area contributed by atoms with Crippen LogP contribution in [0.2, 0.25) is 0 Å². The molecule has 1 aliphatic rings. The highest BCUT2D eigenvalue weighted by Gasteiger charge is 2.05. The summed E-state index contributed by atoms with van der Waals surface area (Å²) in [5, 5.41) is 22.4. The molecule has 0 aliphatic heterocycles. The molecule has 1 saturated carbocycles. The zero-order valence-electron chi connectivity index (χ0n) is 20.5. The van der Waals surface area contributed by atoms with E-state index in [1.165, 1.54) is 20.3 Å². The summed E-state index contributed by atoms with van der Waals surface area (Å²) in [7, 11) is 1.00. The van der Waals surface area contributed by atoms with E-state index in [0.717, 1.165) is 39.2 Å². The molecule has 0 atom stereocenters. The molecule has 0 bridgehead atoms. The Morgan fingerprint density at radius 1 is 0.933 bits per heavy atom. The zero-order valence-corrected chi connectivity index (χ0v) is 20.5. The third kappa shape index (κ3) is 131. The van der Waals surface area contributed by atoms with Gasteiger partial charge in [-0.15, -0.1) is 0 Å². The Morgan fingerprint density at radius 2 is 1.23 bits per heavy atom. The van der Waals surface area contributed by atoms with E-state index >= 15 is 0 Å². The molecule has 1 rings (SSSR count). The van der Waals surface area contributed by atoms with E-state index < -0.39 is 0 Å². The van der Waals surface area contributed by atoms with Crippen molar-refractivity contribution in [3.8, 4) is 0 Å². The largest absolute Gasteiger partial charge is 0.468 e. The molecule has 0 unspecified atom stereocenters. The van der Waals surface area contributed by atoms with Crippen molar-refractivity contribution in [2.45, 2.75) is 93.4 Å². The zero-order chi connectivity index (χ0) is 25.2. The number of aliphatic hydroxyl groups excluding tert-OH is 3. The number of aliphatic hydroxyl groups is 3. The van der Waals surface area contributed by atoms with E-state index in [2.05, 4.69) is 4.74 Å². The molecule has 0 heterocycles. The Labute approximate surface area is 184 Å². The van der Waals surface area contributed by atoms with Gasteiger partial charge in [0.2, 0.25) is 0 Å². The molecule has 0 aromatic carbocycles. The van der Waals surface area contributed by atoms with Crippen LogP contribution >= 0.6 is 0 Å². The van der Waals surface area contributed by atoms with Crippen molar-refractivity contribution in [3.63, 3.8) is 0 Å². The van der Waals surface area contributed by atoms with E-state index in [4.69, 9.17) is 15.3 Å². The van der Waals surface area contributed by atoms with Crippen LogP contribution in [0.3, 0.4) is 0 Å². The van der Waals surface area contributed by atoms with Crippen molar-refractivity contribution in [2.24, 2.45) is 0 Å². The van der Waals surface area contributed by atoms with Crippen LogP contribution < -0.4 is 0 Å². The topological polar surface area (TPSA) is 138 Å². The predicted molar refractivity (Wildman–Crippen MR) is 121 cm³/mol. The van der Waals surface area contributed by atoms with E-state index in [9.17, 15) is 19.2 Å². The van der Waals surface area contributed by atoms with Crippen LogP contribution in [0.25, 0.3) is 0 Å². The van der Waals surface area contributed by atoms with Crippen LogP contribution in [-0.2, 0) is 23.9 Å². The maximum Gasteiger partial charge on any atom is 0.293 e. The van der Waals surface area contributed by atoms with E-state index in [1.54, 1.807) is 20.8 Å². The Morgan fingerprint density at radius 3 is 1.30 bits per heavy atom. The van der Waals surface area contributed by atoms with Crippen LogP contribution in [0.4, 0.5) is 0 Å². The Kier molecular flexibility index (Phi) is 71.8. The van der Waals surface area contributed by atoms with Gasteiger partial charge in [0.1, 0.15) is 17.3 Å². The SMILES string of the molecule is CC(C)=O.CCC(C)=O.CCCO.CCO.CCOC=O.CO.O=C1CCCCC1. The van der Waals surface area contributed by atoms with Gasteiger partial charge in [0.15, 0.2) is 0 Å². The number of ketones is 3. The number of carbonyl (C=O) groups excluding carboxylic acids is 4. The molecule has 0 aromatic rings. The molecular formula is C22H48O8. The number of carbonyl (C=O) groups is 4. The van der Waals surface area contributed by atoms with Crippen molar-refractivity contribution in [2.75, 3.05) is 26.9 Å². The van der Waals surface area contributed by atoms with Crippen LogP contribution in [0, 0.1) is 0 Å². The first-order valence-corrected chi connectivity index (χ1v) is 10.3. The van der Waals surface area contributed by atoms with Gasteiger partial charge in [0.05, 0.1) is 6.61 Å². The lowest BCUT2D eigenvalue weighted by molar-refractivity contribution is -0.128. The smallest absolute Gasteiger partial charge is 0.293 e. The van der Waals surface area contributed by atoms with Crippen molar-refractivity contribution >= 4 is 23.8 Å². The second kappa shape index (κ2) is 50.7. The lowest BCUT2D eigenvalue weighted by Crippen LogP contribution is -2.02. The fourth-order valence-corrected chi connectivity index (χ4v) is 1.01. The van der Waals surface area contributed by atoms with Gasteiger partial charge in [-0.3, -0.25) is 9.59 Å². The molecule has 0 saturated heterocycles. The van der Waals surface area contributed by atoms with E-state index in [-0.39, 0.29) is 18.2 Å². The van der Waals surface area contributed by atoms with Crippen molar-refractivity contribution in [1.29, 1.82) is 0 Å². The van der Waals surface area contributed by atoms with Crippen molar-refractivity contribution in [1.82, 2.24) is 0 Å². The first kappa shape index (κ1) is 42.5. The van der Waals surface area contributed by atoms with E-state index in [0.29, 0.717) is 31.9 Å². The van der Waals surface area contributed by atoms with Crippen LogP contribution in [0.5, 0.6) is 0 Å². The first-order valence-electron chi connectivity index (χ1n) is 10.3. The fraction of sp³-hybridized carbons (Fsp3) is 0.818. The summed E-state index contributed by atoms with van der Waals surface area (Å²) in [6.45, 7) is 13.3. The second-order valence-electron chi connectivity index (χ2n) is 5.65. The lowest BCUT2D eigenvalue weighted by atomic mass is 10.00. The second-order valence-corrected chi connectivity index (χ2v) is 5.65.